The maximum absolute atomic E-state index is 12.0. The largest absolute Gasteiger partial charge is 0.353 e. The van der Waals surface area contributed by atoms with Gasteiger partial charge in [0.25, 0.3) is 0 Å². The minimum absolute atomic E-state index is 0.0828. The first-order valence-corrected chi connectivity index (χ1v) is 7.82. The van der Waals surface area contributed by atoms with Gasteiger partial charge in [-0.25, -0.2) is 0 Å². The van der Waals surface area contributed by atoms with Crippen molar-refractivity contribution >= 4 is 17.5 Å². The first kappa shape index (κ1) is 14.1. The monoisotopic (exact) mass is 286 g/mol. The zero-order valence-corrected chi connectivity index (χ0v) is 12.5. The fourth-order valence-electron chi connectivity index (χ4n) is 2.92. The van der Waals surface area contributed by atoms with E-state index in [1.165, 1.54) is 12.8 Å². The molecule has 1 atom stereocenters. The summed E-state index contributed by atoms with van der Waals surface area (Å²) in [4.78, 5) is 25.5. The van der Waals surface area contributed by atoms with Crippen molar-refractivity contribution in [2.75, 3.05) is 11.4 Å². The van der Waals surface area contributed by atoms with E-state index in [0.29, 0.717) is 24.8 Å². The van der Waals surface area contributed by atoms with E-state index in [1.54, 1.807) is 0 Å². The third-order valence-electron chi connectivity index (χ3n) is 4.40. The molecule has 2 aliphatic rings. The Hall–Kier alpha value is -1.84. The third-order valence-corrected chi connectivity index (χ3v) is 4.40. The molecule has 1 saturated carbocycles. The van der Waals surface area contributed by atoms with Crippen molar-refractivity contribution in [3.63, 3.8) is 0 Å². The van der Waals surface area contributed by atoms with Gasteiger partial charge in [0.1, 0.15) is 0 Å². The predicted octanol–water partition coefficient (Wildman–Crippen LogP) is 2.27. The van der Waals surface area contributed by atoms with Crippen LogP contribution >= 0.6 is 0 Å². The second kappa shape index (κ2) is 5.88. The van der Waals surface area contributed by atoms with Crippen LogP contribution in [-0.2, 0) is 16.0 Å². The Morgan fingerprint density at radius 1 is 1.33 bits per heavy atom. The molecule has 1 aromatic carbocycles. The zero-order chi connectivity index (χ0) is 14.8. The molecule has 1 saturated heterocycles. The van der Waals surface area contributed by atoms with Crippen LogP contribution in [0.4, 0.5) is 5.69 Å². The molecule has 21 heavy (non-hydrogen) atoms. The average Bonchev–Trinajstić information content (AvgIpc) is 3.22. The first-order valence-electron chi connectivity index (χ1n) is 7.82. The summed E-state index contributed by atoms with van der Waals surface area (Å²) in [5, 5.41) is 3.06. The van der Waals surface area contributed by atoms with Gasteiger partial charge in [0, 0.05) is 24.7 Å². The highest BCUT2D eigenvalue weighted by molar-refractivity contribution is 5.95. The summed E-state index contributed by atoms with van der Waals surface area (Å²) in [7, 11) is 0. The molecule has 112 valence electrons. The van der Waals surface area contributed by atoms with Crippen LogP contribution in [0, 0.1) is 5.92 Å². The molecule has 4 nitrogen and oxygen atoms in total. The van der Waals surface area contributed by atoms with Crippen LogP contribution in [0.3, 0.4) is 0 Å². The van der Waals surface area contributed by atoms with Crippen LogP contribution in [0.1, 0.15) is 38.2 Å². The number of nitrogens with zero attached hydrogens (tertiary/aromatic N) is 1. The van der Waals surface area contributed by atoms with Crippen molar-refractivity contribution < 1.29 is 9.59 Å². The smallest absolute Gasteiger partial charge is 0.227 e. The van der Waals surface area contributed by atoms with E-state index in [1.807, 2.05) is 29.2 Å². The summed E-state index contributed by atoms with van der Waals surface area (Å²) in [6, 6.07) is 8.07. The van der Waals surface area contributed by atoms with Gasteiger partial charge in [-0.15, -0.1) is 0 Å². The SMILES string of the molecule is CC(NC(=O)Cc1ccc(N2CCCC2=O)cc1)C1CC1. The van der Waals surface area contributed by atoms with E-state index in [0.717, 1.165) is 24.2 Å². The Kier molecular flexibility index (Phi) is 3.95. The highest BCUT2D eigenvalue weighted by Gasteiger charge is 2.28. The van der Waals surface area contributed by atoms with Crippen molar-refractivity contribution in [2.24, 2.45) is 5.92 Å². The van der Waals surface area contributed by atoms with Crippen molar-refractivity contribution in [1.29, 1.82) is 0 Å². The number of carbonyl (C=O) groups is 2. The van der Waals surface area contributed by atoms with E-state index < -0.39 is 0 Å². The van der Waals surface area contributed by atoms with Gasteiger partial charge in [-0.05, 0) is 49.8 Å². The molecule has 1 heterocycles. The summed E-state index contributed by atoms with van der Waals surface area (Å²) in [6.45, 7) is 2.88. The molecule has 0 spiro atoms. The van der Waals surface area contributed by atoms with Crippen LogP contribution in [0.25, 0.3) is 0 Å². The maximum atomic E-state index is 12.0. The molecule has 2 amide bonds. The summed E-state index contributed by atoms with van der Waals surface area (Å²) in [5.41, 5.74) is 1.93. The summed E-state index contributed by atoms with van der Waals surface area (Å²) in [6.07, 6.45) is 4.45. The fraction of sp³-hybridized carbons (Fsp3) is 0.529. The molecular formula is C17H22N2O2. The number of hydrogen-bond acceptors (Lipinski definition) is 2. The number of rotatable bonds is 5. The molecule has 3 rings (SSSR count). The Morgan fingerprint density at radius 2 is 2.05 bits per heavy atom. The van der Waals surface area contributed by atoms with Gasteiger partial charge in [-0.1, -0.05) is 12.1 Å². The summed E-state index contributed by atoms with van der Waals surface area (Å²) in [5.74, 6) is 0.954. The molecule has 1 aromatic rings. The average molecular weight is 286 g/mol. The quantitative estimate of drug-likeness (QED) is 0.902. The second-order valence-electron chi connectivity index (χ2n) is 6.19. The Bertz CT molecular complexity index is 534. The lowest BCUT2D eigenvalue weighted by Crippen LogP contribution is -2.35. The van der Waals surface area contributed by atoms with Gasteiger partial charge in [-0.2, -0.15) is 0 Å². The van der Waals surface area contributed by atoms with Crippen LogP contribution in [0.2, 0.25) is 0 Å². The highest BCUT2D eigenvalue weighted by Crippen LogP contribution is 2.32. The minimum Gasteiger partial charge on any atom is -0.353 e. The molecular weight excluding hydrogens is 264 g/mol. The van der Waals surface area contributed by atoms with Crippen LogP contribution < -0.4 is 10.2 Å². The zero-order valence-electron chi connectivity index (χ0n) is 12.5. The van der Waals surface area contributed by atoms with E-state index in [9.17, 15) is 9.59 Å². The number of hydrogen-bond donors (Lipinski definition) is 1. The van der Waals surface area contributed by atoms with Gasteiger partial charge in [0.2, 0.25) is 11.8 Å². The summed E-state index contributed by atoms with van der Waals surface area (Å²) < 4.78 is 0. The van der Waals surface area contributed by atoms with Crippen molar-refractivity contribution in [3.05, 3.63) is 29.8 Å². The molecule has 4 heteroatoms. The molecule has 1 unspecified atom stereocenters. The Morgan fingerprint density at radius 3 is 2.62 bits per heavy atom. The van der Waals surface area contributed by atoms with Crippen molar-refractivity contribution in [3.8, 4) is 0 Å². The number of amides is 2. The van der Waals surface area contributed by atoms with Gasteiger partial charge in [0.15, 0.2) is 0 Å². The number of nitrogens with one attached hydrogen (secondary N) is 1. The Labute approximate surface area is 125 Å². The van der Waals surface area contributed by atoms with Crippen LogP contribution in [0.5, 0.6) is 0 Å². The maximum Gasteiger partial charge on any atom is 0.227 e. The van der Waals surface area contributed by atoms with Gasteiger partial charge >= 0.3 is 0 Å². The lowest BCUT2D eigenvalue weighted by molar-refractivity contribution is -0.121. The number of carbonyl (C=O) groups excluding carboxylic acids is 2. The molecule has 1 aliphatic carbocycles. The first-order chi connectivity index (χ1) is 10.1. The molecule has 0 radical (unpaired) electrons. The number of anilines is 1. The molecule has 1 N–H and O–H groups in total. The van der Waals surface area contributed by atoms with E-state index in [4.69, 9.17) is 0 Å². The molecule has 2 fully saturated rings. The summed E-state index contributed by atoms with van der Waals surface area (Å²) >= 11 is 0. The lowest BCUT2D eigenvalue weighted by atomic mass is 10.1. The van der Waals surface area contributed by atoms with Gasteiger partial charge in [-0.3, -0.25) is 9.59 Å². The van der Waals surface area contributed by atoms with E-state index in [-0.39, 0.29) is 11.8 Å². The van der Waals surface area contributed by atoms with Gasteiger partial charge < -0.3 is 10.2 Å². The number of benzene rings is 1. The standard InChI is InChI=1S/C17H22N2O2/c1-12(14-6-7-14)18-16(20)11-13-4-8-15(9-5-13)19-10-2-3-17(19)21/h4-5,8-9,12,14H,2-3,6-7,10-11H2,1H3,(H,18,20). The predicted molar refractivity (Wildman–Crippen MR) is 82.1 cm³/mol. The molecule has 1 aliphatic heterocycles. The van der Waals surface area contributed by atoms with Gasteiger partial charge in [0.05, 0.1) is 6.42 Å². The molecule has 0 aromatic heterocycles. The second-order valence-corrected chi connectivity index (χ2v) is 6.19. The van der Waals surface area contributed by atoms with Crippen LogP contribution in [0.15, 0.2) is 24.3 Å². The van der Waals surface area contributed by atoms with E-state index >= 15 is 0 Å². The fourth-order valence-corrected chi connectivity index (χ4v) is 2.92. The van der Waals surface area contributed by atoms with Crippen molar-refractivity contribution in [1.82, 2.24) is 5.32 Å². The Balaban J connectivity index is 1.56. The van der Waals surface area contributed by atoms with E-state index in [2.05, 4.69) is 12.2 Å². The highest BCUT2D eigenvalue weighted by atomic mass is 16.2. The third kappa shape index (κ3) is 3.43. The lowest BCUT2D eigenvalue weighted by Gasteiger charge is -2.16. The topological polar surface area (TPSA) is 49.4 Å². The normalized spacial score (nSPS) is 19.7. The molecule has 0 bridgehead atoms. The minimum atomic E-state index is 0.0828. The van der Waals surface area contributed by atoms with Crippen molar-refractivity contribution in [2.45, 2.75) is 45.1 Å². The van der Waals surface area contributed by atoms with Crippen LogP contribution in [-0.4, -0.2) is 24.4 Å².